The summed E-state index contributed by atoms with van der Waals surface area (Å²) in [5, 5.41) is 3.73. The fourth-order valence-corrected chi connectivity index (χ4v) is 3.21. The summed E-state index contributed by atoms with van der Waals surface area (Å²) in [7, 11) is 0. The molecule has 19 heavy (non-hydrogen) atoms. The minimum Gasteiger partial charge on any atom is -0.489 e. The molecule has 4 rings (SSSR count). The standard InChI is InChI=1S/C16H21NO2/c1-16(2)9-10-3-6-12-13(17-11-4-5-11)7-8-18-15(12)14(10)19-16/h3,6,11,13,17H,4-5,7-9H2,1-2H3. The number of nitrogens with one attached hydrogen (secondary N) is 1. The van der Waals surface area contributed by atoms with Crippen LogP contribution in [0.1, 0.15) is 50.3 Å². The summed E-state index contributed by atoms with van der Waals surface area (Å²) in [5.74, 6) is 1.98. The topological polar surface area (TPSA) is 30.5 Å². The average Bonchev–Trinajstić information content (AvgIpc) is 3.10. The van der Waals surface area contributed by atoms with Crippen LogP contribution in [0, 0.1) is 0 Å². The Morgan fingerprint density at radius 1 is 1.16 bits per heavy atom. The first kappa shape index (κ1) is 11.6. The molecule has 0 spiro atoms. The van der Waals surface area contributed by atoms with E-state index < -0.39 is 0 Å². The summed E-state index contributed by atoms with van der Waals surface area (Å²) in [6.07, 6.45) is 4.67. The minimum absolute atomic E-state index is 0.0995. The molecule has 1 aromatic carbocycles. The predicted octanol–water partition coefficient (Wildman–Crippen LogP) is 2.98. The summed E-state index contributed by atoms with van der Waals surface area (Å²) in [5.41, 5.74) is 2.47. The maximum atomic E-state index is 6.11. The zero-order valence-corrected chi connectivity index (χ0v) is 11.7. The van der Waals surface area contributed by atoms with E-state index in [9.17, 15) is 0 Å². The predicted molar refractivity (Wildman–Crippen MR) is 73.9 cm³/mol. The maximum absolute atomic E-state index is 6.11. The summed E-state index contributed by atoms with van der Waals surface area (Å²) >= 11 is 0. The van der Waals surface area contributed by atoms with Crippen molar-refractivity contribution in [1.82, 2.24) is 5.32 Å². The molecule has 1 N–H and O–H groups in total. The van der Waals surface area contributed by atoms with Gasteiger partial charge in [0.15, 0.2) is 11.5 Å². The molecule has 0 bridgehead atoms. The van der Waals surface area contributed by atoms with Crippen molar-refractivity contribution in [2.45, 2.75) is 57.2 Å². The Morgan fingerprint density at radius 2 is 2.00 bits per heavy atom. The zero-order valence-electron chi connectivity index (χ0n) is 11.7. The smallest absolute Gasteiger partial charge is 0.166 e. The van der Waals surface area contributed by atoms with Crippen LogP contribution in [-0.2, 0) is 6.42 Å². The molecule has 102 valence electrons. The summed E-state index contributed by atoms with van der Waals surface area (Å²) in [6, 6.07) is 5.62. The van der Waals surface area contributed by atoms with Crippen LogP contribution in [0.5, 0.6) is 11.5 Å². The van der Waals surface area contributed by atoms with Gasteiger partial charge in [-0.2, -0.15) is 0 Å². The van der Waals surface area contributed by atoms with Crippen LogP contribution in [-0.4, -0.2) is 18.2 Å². The molecule has 2 heterocycles. The third kappa shape index (κ3) is 2.00. The fourth-order valence-electron chi connectivity index (χ4n) is 3.21. The largest absolute Gasteiger partial charge is 0.489 e. The highest BCUT2D eigenvalue weighted by Crippen LogP contribution is 2.48. The van der Waals surface area contributed by atoms with Crippen molar-refractivity contribution >= 4 is 0 Å². The highest BCUT2D eigenvalue weighted by atomic mass is 16.5. The molecule has 2 aliphatic heterocycles. The molecule has 3 heteroatoms. The summed E-state index contributed by atoms with van der Waals surface area (Å²) in [6.45, 7) is 5.07. The first-order valence-corrected chi connectivity index (χ1v) is 7.36. The van der Waals surface area contributed by atoms with E-state index in [-0.39, 0.29) is 5.60 Å². The van der Waals surface area contributed by atoms with E-state index >= 15 is 0 Å². The molecule has 0 amide bonds. The first-order chi connectivity index (χ1) is 9.12. The molecule has 3 aliphatic rings. The molecule has 1 aliphatic carbocycles. The van der Waals surface area contributed by atoms with Gasteiger partial charge in [0.05, 0.1) is 6.61 Å². The van der Waals surface area contributed by atoms with Gasteiger partial charge in [0.25, 0.3) is 0 Å². The van der Waals surface area contributed by atoms with E-state index in [2.05, 4.69) is 31.3 Å². The average molecular weight is 259 g/mol. The molecule has 1 unspecified atom stereocenters. The van der Waals surface area contributed by atoms with Gasteiger partial charge in [0, 0.05) is 36.1 Å². The lowest BCUT2D eigenvalue weighted by atomic mass is 9.95. The fraction of sp³-hybridized carbons (Fsp3) is 0.625. The van der Waals surface area contributed by atoms with E-state index in [0.29, 0.717) is 6.04 Å². The second-order valence-corrected chi connectivity index (χ2v) is 6.64. The van der Waals surface area contributed by atoms with Gasteiger partial charge in [0.1, 0.15) is 5.60 Å². The van der Waals surface area contributed by atoms with Crippen molar-refractivity contribution in [2.75, 3.05) is 6.61 Å². The number of hydrogen-bond acceptors (Lipinski definition) is 3. The Bertz CT molecular complexity index is 520. The van der Waals surface area contributed by atoms with Crippen molar-refractivity contribution in [1.29, 1.82) is 0 Å². The highest BCUT2D eigenvalue weighted by molar-refractivity contribution is 5.56. The van der Waals surface area contributed by atoms with E-state index in [1.807, 2.05) is 0 Å². The molecular weight excluding hydrogens is 238 g/mol. The van der Waals surface area contributed by atoms with Gasteiger partial charge in [-0.05, 0) is 26.7 Å². The van der Waals surface area contributed by atoms with Crippen LogP contribution in [0.15, 0.2) is 12.1 Å². The number of rotatable bonds is 2. The van der Waals surface area contributed by atoms with E-state index in [1.165, 1.54) is 24.0 Å². The van der Waals surface area contributed by atoms with E-state index in [4.69, 9.17) is 9.47 Å². The molecule has 3 nitrogen and oxygen atoms in total. The van der Waals surface area contributed by atoms with Gasteiger partial charge in [0.2, 0.25) is 0 Å². The lowest BCUT2D eigenvalue weighted by molar-refractivity contribution is 0.129. The van der Waals surface area contributed by atoms with Crippen molar-refractivity contribution in [3.05, 3.63) is 23.3 Å². The van der Waals surface area contributed by atoms with Crippen LogP contribution < -0.4 is 14.8 Å². The van der Waals surface area contributed by atoms with Crippen LogP contribution in [0.25, 0.3) is 0 Å². The quantitative estimate of drug-likeness (QED) is 0.885. The van der Waals surface area contributed by atoms with Crippen molar-refractivity contribution in [2.24, 2.45) is 0 Å². The van der Waals surface area contributed by atoms with Crippen LogP contribution in [0.4, 0.5) is 0 Å². The van der Waals surface area contributed by atoms with Crippen molar-refractivity contribution in [3.63, 3.8) is 0 Å². The molecule has 1 aromatic rings. The molecule has 0 aromatic heterocycles. The minimum atomic E-state index is -0.0995. The monoisotopic (exact) mass is 259 g/mol. The van der Waals surface area contributed by atoms with Gasteiger partial charge in [-0.1, -0.05) is 12.1 Å². The van der Waals surface area contributed by atoms with Crippen LogP contribution in [0.3, 0.4) is 0 Å². The Balaban J connectivity index is 1.71. The molecular formula is C16H21NO2. The van der Waals surface area contributed by atoms with E-state index in [1.54, 1.807) is 0 Å². The third-order valence-corrected chi connectivity index (χ3v) is 4.26. The van der Waals surface area contributed by atoms with Gasteiger partial charge >= 0.3 is 0 Å². The first-order valence-electron chi connectivity index (χ1n) is 7.36. The number of fused-ring (bicyclic) bond motifs is 3. The zero-order chi connectivity index (χ0) is 13.0. The lowest BCUT2D eigenvalue weighted by Gasteiger charge is -2.28. The molecule has 1 fully saturated rings. The van der Waals surface area contributed by atoms with E-state index in [0.717, 1.165) is 37.0 Å². The van der Waals surface area contributed by atoms with Gasteiger partial charge in [-0.25, -0.2) is 0 Å². The van der Waals surface area contributed by atoms with Gasteiger partial charge < -0.3 is 14.8 Å². The third-order valence-electron chi connectivity index (χ3n) is 4.26. The second kappa shape index (κ2) is 3.89. The molecule has 0 radical (unpaired) electrons. The Kier molecular flexibility index (Phi) is 2.37. The normalized spacial score (nSPS) is 27.2. The number of ether oxygens (including phenoxy) is 2. The lowest BCUT2D eigenvalue weighted by Crippen LogP contribution is -2.29. The summed E-state index contributed by atoms with van der Waals surface area (Å²) in [4.78, 5) is 0. The van der Waals surface area contributed by atoms with Crippen molar-refractivity contribution < 1.29 is 9.47 Å². The molecule has 0 saturated heterocycles. The Morgan fingerprint density at radius 3 is 2.79 bits per heavy atom. The second-order valence-electron chi connectivity index (χ2n) is 6.64. The Labute approximate surface area is 114 Å². The highest BCUT2D eigenvalue weighted by Gasteiger charge is 2.37. The Hall–Kier alpha value is -1.22. The SMILES string of the molecule is CC1(C)Cc2ccc3c(c2O1)OCCC3NC1CC1. The molecule has 1 saturated carbocycles. The van der Waals surface area contributed by atoms with Crippen LogP contribution >= 0.6 is 0 Å². The summed E-state index contributed by atoms with van der Waals surface area (Å²) < 4.78 is 12.0. The van der Waals surface area contributed by atoms with Gasteiger partial charge in [-0.15, -0.1) is 0 Å². The van der Waals surface area contributed by atoms with Crippen molar-refractivity contribution in [3.8, 4) is 11.5 Å². The number of benzene rings is 1. The molecule has 1 atom stereocenters. The maximum Gasteiger partial charge on any atom is 0.166 e. The van der Waals surface area contributed by atoms with Gasteiger partial charge in [-0.3, -0.25) is 0 Å². The number of hydrogen-bond donors (Lipinski definition) is 1. The van der Waals surface area contributed by atoms with Crippen LogP contribution in [0.2, 0.25) is 0 Å².